The summed E-state index contributed by atoms with van der Waals surface area (Å²) < 4.78 is 12.0. The first-order valence-electron chi connectivity index (χ1n) is 10.2. The van der Waals surface area contributed by atoms with Gasteiger partial charge in [-0.15, -0.1) is 0 Å². The van der Waals surface area contributed by atoms with E-state index < -0.39 is 5.97 Å². The molecule has 0 atom stereocenters. The number of esters is 1. The molecule has 0 saturated carbocycles. The molecule has 2 heterocycles. The van der Waals surface area contributed by atoms with Gasteiger partial charge in [-0.1, -0.05) is 12.1 Å². The quantitative estimate of drug-likeness (QED) is 0.579. The lowest BCUT2D eigenvalue weighted by atomic mass is 10.1. The number of urea groups is 1. The molecule has 0 saturated heterocycles. The minimum atomic E-state index is -0.571. The minimum Gasteiger partial charge on any atom is -0.494 e. The fourth-order valence-electron chi connectivity index (χ4n) is 3.34. The fraction of sp³-hybridized carbons (Fsp3) is 0.364. The molecule has 0 fully saturated rings. The van der Waals surface area contributed by atoms with Crippen molar-refractivity contribution in [1.82, 2.24) is 19.7 Å². The minimum absolute atomic E-state index is 0.155. The van der Waals surface area contributed by atoms with E-state index in [2.05, 4.69) is 10.4 Å². The van der Waals surface area contributed by atoms with Crippen LogP contribution in [-0.4, -0.2) is 58.5 Å². The third-order valence-corrected chi connectivity index (χ3v) is 4.97. The number of benzene rings is 1. The normalized spacial score (nSPS) is 10.7. The number of nitrogens with zero attached hydrogens (tertiary/aromatic N) is 4. The van der Waals surface area contributed by atoms with Gasteiger partial charge >= 0.3 is 12.0 Å². The highest BCUT2D eigenvalue weighted by molar-refractivity contribution is 6.00. The van der Waals surface area contributed by atoms with Crippen LogP contribution in [0.2, 0.25) is 0 Å². The number of rotatable bonds is 7. The summed E-state index contributed by atoms with van der Waals surface area (Å²) in [5.74, 6) is 0.698. The first-order valence-corrected chi connectivity index (χ1v) is 10.2. The van der Waals surface area contributed by atoms with Gasteiger partial charge in [0.15, 0.2) is 11.6 Å². The number of carbonyl (C=O) groups is 2. The second kappa shape index (κ2) is 9.46. The number of pyridine rings is 1. The molecular weight excluding hydrogens is 398 g/mol. The predicted molar refractivity (Wildman–Crippen MR) is 118 cm³/mol. The van der Waals surface area contributed by atoms with Gasteiger partial charge in [0.2, 0.25) is 0 Å². The van der Waals surface area contributed by atoms with Gasteiger partial charge < -0.3 is 14.4 Å². The zero-order valence-electron chi connectivity index (χ0n) is 18.4. The second-order valence-corrected chi connectivity index (χ2v) is 6.80. The third-order valence-electron chi connectivity index (χ3n) is 4.97. The molecule has 2 aromatic heterocycles. The van der Waals surface area contributed by atoms with Gasteiger partial charge in [0.25, 0.3) is 0 Å². The Kier molecular flexibility index (Phi) is 6.74. The lowest BCUT2D eigenvalue weighted by Crippen LogP contribution is -2.35. The van der Waals surface area contributed by atoms with Crippen LogP contribution in [0, 0.1) is 6.92 Å². The molecule has 0 aliphatic carbocycles. The molecule has 3 aromatic rings. The van der Waals surface area contributed by atoms with E-state index >= 15 is 0 Å². The Morgan fingerprint density at radius 3 is 2.58 bits per heavy atom. The van der Waals surface area contributed by atoms with Gasteiger partial charge in [-0.3, -0.25) is 5.32 Å². The summed E-state index contributed by atoms with van der Waals surface area (Å²) in [4.78, 5) is 31.6. The molecule has 1 aromatic carbocycles. The number of hydrogen-bond acceptors (Lipinski definition) is 6. The van der Waals surface area contributed by atoms with Gasteiger partial charge in [-0.2, -0.15) is 9.78 Å². The van der Waals surface area contributed by atoms with Crippen molar-refractivity contribution in [2.75, 3.05) is 32.1 Å². The van der Waals surface area contributed by atoms with E-state index in [1.54, 1.807) is 18.9 Å². The SMILES string of the molecule is CCOC(=O)c1cnn(-c2cc(C)c3cccc(OC)c3n2)c1NC(=O)N(CC)CC. The van der Waals surface area contributed by atoms with E-state index in [0.29, 0.717) is 30.2 Å². The van der Waals surface area contributed by atoms with Gasteiger partial charge in [-0.25, -0.2) is 14.6 Å². The molecule has 0 bridgehead atoms. The lowest BCUT2D eigenvalue weighted by Gasteiger charge is -2.20. The van der Waals surface area contributed by atoms with E-state index in [4.69, 9.17) is 14.5 Å². The Morgan fingerprint density at radius 1 is 1.19 bits per heavy atom. The van der Waals surface area contributed by atoms with Crippen molar-refractivity contribution in [3.63, 3.8) is 0 Å². The molecule has 0 aliphatic heterocycles. The zero-order valence-corrected chi connectivity index (χ0v) is 18.4. The van der Waals surface area contributed by atoms with Crippen LogP contribution in [0.1, 0.15) is 36.7 Å². The van der Waals surface area contributed by atoms with Gasteiger partial charge in [0, 0.05) is 18.5 Å². The van der Waals surface area contributed by atoms with Crippen LogP contribution in [0.5, 0.6) is 5.75 Å². The van der Waals surface area contributed by atoms with Crippen LogP contribution >= 0.6 is 0 Å². The van der Waals surface area contributed by atoms with Gasteiger partial charge in [0.05, 0.1) is 19.9 Å². The van der Waals surface area contributed by atoms with Crippen molar-refractivity contribution < 1.29 is 19.1 Å². The standard InChI is InChI=1S/C22H27N5O4/c1-6-26(7-2)22(29)25-20-16(21(28)31-8-3)13-23-27(20)18-12-14(4)15-10-9-11-17(30-5)19(15)24-18/h9-13H,6-8H2,1-5H3,(H,25,29). The third kappa shape index (κ3) is 4.30. The van der Waals surface area contributed by atoms with Crippen molar-refractivity contribution in [3.8, 4) is 11.6 Å². The average Bonchev–Trinajstić information content (AvgIpc) is 3.18. The molecule has 2 amide bonds. The molecule has 164 valence electrons. The number of methoxy groups -OCH3 is 1. The second-order valence-electron chi connectivity index (χ2n) is 6.80. The zero-order chi connectivity index (χ0) is 22.5. The number of aryl methyl sites for hydroxylation is 1. The number of anilines is 1. The molecule has 0 spiro atoms. The highest BCUT2D eigenvalue weighted by Crippen LogP contribution is 2.29. The van der Waals surface area contributed by atoms with Crippen LogP contribution in [0.4, 0.5) is 10.6 Å². The molecule has 0 unspecified atom stereocenters. The number of aromatic nitrogens is 3. The molecule has 0 aliphatic rings. The van der Waals surface area contributed by atoms with E-state index in [1.165, 1.54) is 10.9 Å². The van der Waals surface area contributed by atoms with Crippen LogP contribution in [-0.2, 0) is 4.74 Å². The van der Waals surface area contributed by atoms with Crippen molar-refractivity contribution >= 4 is 28.7 Å². The number of nitrogens with one attached hydrogen (secondary N) is 1. The Bertz CT molecular complexity index is 1100. The first kappa shape index (κ1) is 22.1. The number of fused-ring (bicyclic) bond motifs is 1. The van der Waals surface area contributed by atoms with Crippen LogP contribution in [0.3, 0.4) is 0 Å². The summed E-state index contributed by atoms with van der Waals surface area (Å²) in [5.41, 5.74) is 1.77. The monoisotopic (exact) mass is 425 g/mol. The van der Waals surface area contributed by atoms with E-state index in [1.807, 2.05) is 45.0 Å². The first-order chi connectivity index (χ1) is 14.9. The van der Waals surface area contributed by atoms with Crippen LogP contribution < -0.4 is 10.1 Å². The number of amides is 2. The Hall–Kier alpha value is -3.62. The summed E-state index contributed by atoms with van der Waals surface area (Å²) in [6.45, 7) is 8.69. The van der Waals surface area contributed by atoms with Crippen molar-refractivity contribution in [1.29, 1.82) is 0 Å². The highest BCUT2D eigenvalue weighted by atomic mass is 16.5. The number of hydrogen-bond donors (Lipinski definition) is 1. The van der Waals surface area contributed by atoms with Crippen molar-refractivity contribution in [2.45, 2.75) is 27.7 Å². The van der Waals surface area contributed by atoms with Crippen molar-refractivity contribution in [2.24, 2.45) is 0 Å². The molecule has 9 heteroatoms. The van der Waals surface area contributed by atoms with Gasteiger partial charge in [-0.05, 0) is 45.4 Å². The average molecular weight is 425 g/mol. The Labute approximate surface area is 181 Å². The topological polar surface area (TPSA) is 98.6 Å². The van der Waals surface area contributed by atoms with Crippen LogP contribution in [0.15, 0.2) is 30.5 Å². The summed E-state index contributed by atoms with van der Waals surface area (Å²) in [5, 5.41) is 8.09. The van der Waals surface area contributed by atoms with Gasteiger partial charge in [0.1, 0.15) is 16.8 Å². The predicted octanol–water partition coefficient (Wildman–Crippen LogP) is 3.79. The smallest absolute Gasteiger partial charge is 0.343 e. The summed E-state index contributed by atoms with van der Waals surface area (Å²) in [7, 11) is 1.58. The number of carbonyl (C=O) groups excluding carboxylic acids is 2. The summed E-state index contributed by atoms with van der Waals surface area (Å²) in [6, 6.07) is 7.19. The van der Waals surface area contributed by atoms with E-state index in [9.17, 15) is 9.59 Å². The van der Waals surface area contributed by atoms with Crippen LogP contribution in [0.25, 0.3) is 16.7 Å². The molecule has 31 heavy (non-hydrogen) atoms. The maximum atomic E-state index is 12.7. The molecule has 9 nitrogen and oxygen atoms in total. The van der Waals surface area contributed by atoms with Crippen molar-refractivity contribution in [3.05, 3.63) is 41.6 Å². The maximum Gasteiger partial charge on any atom is 0.343 e. The molecular formula is C22H27N5O4. The highest BCUT2D eigenvalue weighted by Gasteiger charge is 2.24. The number of ether oxygens (including phenoxy) is 2. The van der Waals surface area contributed by atoms with E-state index in [0.717, 1.165) is 10.9 Å². The molecule has 0 radical (unpaired) electrons. The lowest BCUT2D eigenvalue weighted by molar-refractivity contribution is 0.0527. The number of para-hydroxylation sites is 1. The summed E-state index contributed by atoms with van der Waals surface area (Å²) >= 11 is 0. The largest absolute Gasteiger partial charge is 0.494 e. The fourth-order valence-corrected chi connectivity index (χ4v) is 3.34. The molecule has 3 rings (SSSR count). The maximum absolute atomic E-state index is 12.7. The Balaban J connectivity index is 2.17. The molecule has 1 N–H and O–H groups in total. The Morgan fingerprint density at radius 2 is 1.94 bits per heavy atom. The summed E-state index contributed by atoms with van der Waals surface area (Å²) in [6.07, 6.45) is 1.37. The van der Waals surface area contributed by atoms with E-state index in [-0.39, 0.29) is 24.0 Å².